The highest BCUT2D eigenvalue weighted by molar-refractivity contribution is 5.98. The van der Waals surface area contributed by atoms with Crippen molar-refractivity contribution in [1.82, 2.24) is 10.6 Å². The van der Waals surface area contributed by atoms with Gasteiger partial charge < -0.3 is 16.0 Å². The maximum absolute atomic E-state index is 13.4. The number of hydrogen-bond acceptors (Lipinski definition) is 3. The molecule has 5 fully saturated rings. The summed E-state index contributed by atoms with van der Waals surface area (Å²) in [6.45, 7) is 1.58. The molecule has 6 heteroatoms. The van der Waals surface area contributed by atoms with Crippen molar-refractivity contribution >= 4 is 23.4 Å². The van der Waals surface area contributed by atoms with E-state index >= 15 is 0 Å². The molecule has 3 N–H and O–H groups in total. The zero-order valence-electron chi connectivity index (χ0n) is 16.9. The highest BCUT2D eigenvalue weighted by Gasteiger charge is 2.60. The fourth-order valence-electron chi connectivity index (χ4n) is 6.51. The second kappa shape index (κ2) is 6.57. The van der Waals surface area contributed by atoms with Crippen LogP contribution in [0.4, 0.5) is 5.69 Å². The van der Waals surface area contributed by atoms with Crippen LogP contribution >= 0.6 is 0 Å². The van der Waals surface area contributed by atoms with E-state index in [1.807, 2.05) is 12.1 Å². The van der Waals surface area contributed by atoms with Gasteiger partial charge in [0, 0.05) is 29.8 Å². The summed E-state index contributed by atoms with van der Waals surface area (Å²) >= 11 is 0. The van der Waals surface area contributed by atoms with Gasteiger partial charge in [0.05, 0.1) is 5.41 Å². The van der Waals surface area contributed by atoms with Crippen LogP contribution in [0.3, 0.4) is 0 Å². The minimum atomic E-state index is -0.394. The van der Waals surface area contributed by atoms with Crippen molar-refractivity contribution in [3.63, 3.8) is 0 Å². The maximum atomic E-state index is 13.4. The van der Waals surface area contributed by atoms with Crippen molar-refractivity contribution in [2.75, 3.05) is 5.32 Å². The van der Waals surface area contributed by atoms with E-state index in [9.17, 15) is 14.4 Å². The standard InChI is InChI=1S/C23H29N3O3/c1-14(27)26-23-11-15-8-16(12-23)10-22(9-15,13-23)21(29)25-19-4-2-17(3-5-19)20(28)24-18-6-7-18/h2-5,15-16,18H,6-13H2,1H3,(H,24,28)(H,25,29)(H,26,27)/t15-,16+,22?,23?. The van der Waals surface area contributed by atoms with Crippen LogP contribution in [0, 0.1) is 17.3 Å². The number of nitrogens with one attached hydrogen (secondary N) is 3. The summed E-state index contributed by atoms with van der Waals surface area (Å²) in [7, 11) is 0. The van der Waals surface area contributed by atoms with Crippen LogP contribution in [-0.2, 0) is 9.59 Å². The Morgan fingerprint density at radius 2 is 1.62 bits per heavy atom. The Kier molecular flexibility index (Phi) is 4.23. The third-order valence-corrected chi connectivity index (χ3v) is 7.30. The van der Waals surface area contributed by atoms with E-state index in [-0.39, 0.29) is 23.3 Å². The molecule has 6 rings (SSSR count). The van der Waals surface area contributed by atoms with Crippen molar-refractivity contribution in [3.05, 3.63) is 29.8 Å². The largest absolute Gasteiger partial charge is 0.351 e. The summed E-state index contributed by atoms with van der Waals surface area (Å²) in [6.07, 6.45) is 7.87. The van der Waals surface area contributed by atoms with Gasteiger partial charge in [-0.25, -0.2) is 0 Å². The first kappa shape index (κ1) is 18.6. The minimum Gasteiger partial charge on any atom is -0.351 e. The predicted octanol–water partition coefficient (Wildman–Crippen LogP) is 2.99. The molecule has 1 aromatic rings. The van der Waals surface area contributed by atoms with Crippen LogP contribution in [0.1, 0.15) is 68.6 Å². The summed E-state index contributed by atoms with van der Waals surface area (Å²) in [5.74, 6) is 1.05. The van der Waals surface area contributed by atoms with E-state index in [1.165, 1.54) is 6.42 Å². The maximum Gasteiger partial charge on any atom is 0.251 e. The van der Waals surface area contributed by atoms with Crippen LogP contribution in [0.2, 0.25) is 0 Å². The minimum absolute atomic E-state index is 0.00238. The third-order valence-electron chi connectivity index (χ3n) is 7.30. The van der Waals surface area contributed by atoms with Gasteiger partial charge in [0.15, 0.2) is 0 Å². The molecule has 0 radical (unpaired) electrons. The second-order valence-corrected chi connectivity index (χ2v) is 9.98. The molecule has 5 aliphatic carbocycles. The van der Waals surface area contributed by atoms with Crippen LogP contribution in [0.15, 0.2) is 24.3 Å². The van der Waals surface area contributed by atoms with Gasteiger partial charge in [-0.2, -0.15) is 0 Å². The highest BCUT2D eigenvalue weighted by atomic mass is 16.2. The fourth-order valence-corrected chi connectivity index (χ4v) is 6.51. The Morgan fingerprint density at radius 1 is 0.966 bits per heavy atom. The number of anilines is 1. The quantitative estimate of drug-likeness (QED) is 0.716. The molecular weight excluding hydrogens is 366 g/mol. The van der Waals surface area contributed by atoms with E-state index in [0.29, 0.717) is 23.4 Å². The van der Waals surface area contributed by atoms with Crippen molar-refractivity contribution in [2.24, 2.45) is 17.3 Å². The summed E-state index contributed by atoms with van der Waals surface area (Å²) < 4.78 is 0. The Bertz CT molecular complexity index is 845. The van der Waals surface area contributed by atoms with E-state index in [0.717, 1.165) is 50.6 Å². The highest BCUT2D eigenvalue weighted by Crippen LogP contribution is 2.61. The number of amides is 3. The fraction of sp³-hybridized carbons (Fsp3) is 0.609. The van der Waals surface area contributed by atoms with Crippen molar-refractivity contribution in [2.45, 2.75) is 69.9 Å². The molecule has 0 saturated heterocycles. The smallest absolute Gasteiger partial charge is 0.251 e. The first-order chi connectivity index (χ1) is 13.8. The summed E-state index contributed by atoms with van der Waals surface area (Å²) in [5.41, 5.74) is 0.739. The molecule has 154 valence electrons. The van der Waals surface area contributed by atoms with Crippen molar-refractivity contribution in [1.29, 1.82) is 0 Å². The molecule has 4 bridgehead atoms. The molecule has 0 aliphatic heterocycles. The van der Waals surface area contributed by atoms with Crippen LogP contribution in [-0.4, -0.2) is 29.3 Å². The summed E-state index contributed by atoms with van der Waals surface area (Å²) in [4.78, 5) is 37.3. The lowest BCUT2D eigenvalue weighted by Gasteiger charge is -2.61. The SMILES string of the molecule is CC(=O)NC12C[C@H]3C[C@@H](C1)CC(C(=O)Nc1ccc(C(=O)NC4CC4)cc1)(C3)C2. The molecule has 3 amide bonds. The van der Waals surface area contributed by atoms with E-state index in [2.05, 4.69) is 16.0 Å². The number of hydrogen-bond donors (Lipinski definition) is 3. The van der Waals surface area contributed by atoms with E-state index in [4.69, 9.17) is 0 Å². The van der Waals surface area contributed by atoms with E-state index < -0.39 is 5.41 Å². The number of rotatable bonds is 5. The number of carbonyl (C=O) groups is 3. The summed E-state index contributed by atoms with van der Waals surface area (Å²) in [5, 5.41) is 9.29. The second-order valence-electron chi connectivity index (χ2n) is 9.98. The molecule has 29 heavy (non-hydrogen) atoms. The average molecular weight is 396 g/mol. The third kappa shape index (κ3) is 3.53. The van der Waals surface area contributed by atoms with Gasteiger partial charge in [-0.3, -0.25) is 14.4 Å². The lowest BCUT2D eigenvalue weighted by Crippen LogP contribution is -2.65. The molecule has 4 atom stereocenters. The van der Waals surface area contributed by atoms with Crippen LogP contribution in [0.25, 0.3) is 0 Å². The van der Waals surface area contributed by atoms with Crippen LogP contribution < -0.4 is 16.0 Å². The van der Waals surface area contributed by atoms with Crippen molar-refractivity contribution in [3.8, 4) is 0 Å². The molecular formula is C23H29N3O3. The van der Waals surface area contributed by atoms with Gasteiger partial charge in [-0.1, -0.05) is 0 Å². The number of benzene rings is 1. The molecule has 0 aromatic heterocycles. The van der Waals surface area contributed by atoms with Gasteiger partial charge in [-0.15, -0.1) is 0 Å². The first-order valence-corrected chi connectivity index (χ1v) is 10.9. The lowest BCUT2D eigenvalue weighted by atomic mass is 9.46. The Labute approximate surface area is 171 Å². The Hall–Kier alpha value is -2.37. The van der Waals surface area contributed by atoms with E-state index in [1.54, 1.807) is 19.1 Å². The van der Waals surface area contributed by atoms with Crippen molar-refractivity contribution < 1.29 is 14.4 Å². The molecule has 2 unspecified atom stereocenters. The monoisotopic (exact) mass is 395 g/mol. The molecule has 0 heterocycles. The van der Waals surface area contributed by atoms with Gasteiger partial charge in [0.2, 0.25) is 11.8 Å². The predicted molar refractivity (Wildman–Crippen MR) is 109 cm³/mol. The normalized spacial score (nSPS) is 34.5. The zero-order valence-corrected chi connectivity index (χ0v) is 16.9. The Morgan fingerprint density at radius 3 is 2.21 bits per heavy atom. The Balaban J connectivity index is 1.30. The molecule has 5 saturated carbocycles. The average Bonchev–Trinajstić information content (AvgIpc) is 3.44. The summed E-state index contributed by atoms with van der Waals surface area (Å²) in [6, 6.07) is 7.49. The molecule has 1 aromatic carbocycles. The molecule has 5 aliphatic rings. The van der Waals surface area contributed by atoms with Crippen LogP contribution in [0.5, 0.6) is 0 Å². The van der Waals surface area contributed by atoms with Gasteiger partial charge >= 0.3 is 0 Å². The molecule has 6 nitrogen and oxygen atoms in total. The number of carbonyl (C=O) groups excluding carboxylic acids is 3. The first-order valence-electron chi connectivity index (χ1n) is 10.9. The zero-order chi connectivity index (χ0) is 20.2. The lowest BCUT2D eigenvalue weighted by molar-refractivity contribution is -0.148. The van der Waals surface area contributed by atoms with Gasteiger partial charge in [0.25, 0.3) is 5.91 Å². The van der Waals surface area contributed by atoms with Gasteiger partial charge in [-0.05, 0) is 87.5 Å². The topological polar surface area (TPSA) is 87.3 Å². The molecule has 0 spiro atoms. The van der Waals surface area contributed by atoms with Gasteiger partial charge in [0.1, 0.15) is 0 Å².